The summed E-state index contributed by atoms with van der Waals surface area (Å²) in [7, 11) is -2.26. The quantitative estimate of drug-likeness (QED) is 0.832. The van der Waals surface area contributed by atoms with Crippen molar-refractivity contribution in [2.45, 2.75) is 27.7 Å². The number of ether oxygens (including phenoxy) is 1. The Labute approximate surface area is 125 Å². The minimum Gasteiger partial charge on any atom is -0.463 e. The zero-order valence-corrected chi connectivity index (χ0v) is 13.4. The van der Waals surface area contributed by atoms with Crippen molar-refractivity contribution in [3.8, 4) is 0 Å². The molecule has 0 saturated heterocycles. The van der Waals surface area contributed by atoms with Crippen molar-refractivity contribution in [3.63, 3.8) is 0 Å². The average Bonchev–Trinajstić information content (AvgIpc) is 2.94. The first-order valence-corrected chi connectivity index (χ1v) is 7.78. The van der Waals surface area contributed by atoms with Crippen LogP contribution in [0.25, 0.3) is 0 Å². The molecule has 114 valence electrons. The first-order valence-electron chi connectivity index (χ1n) is 6.64. The first kappa shape index (κ1) is 15.4. The predicted octanol–water partition coefficient (Wildman–Crippen LogP) is 1.77. The van der Waals surface area contributed by atoms with E-state index in [0.717, 1.165) is 39.1 Å². The molecule has 2 rings (SSSR count). The van der Waals surface area contributed by atoms with E-state index in [-0.39, 0.29) is 0 Å². The molecule has 0 unspecified atom stereocenters. The van der Waals surface area contributed by atoms with Crippen LogP contribution in [-0.2, 0) is 15.0 Å². The normalized spacial score (nSPS) is 13.4. The predicted molar refractivity (Wildman–Crippen MR) is 85.9 cm³/mol. The van der Waals surface area contributed by atoms with Crippen LogP contribution in [0.4, 0.5) is 11.4 Å². The molecule has 0 fully saturated rings. The molecule has 1 aliphatic heterocycles. The van der Waals surface area contributed by atoms with E-state index in [0.29, 0.717) is 19.2 Å². The van der Waals surface area contributed by atoms with Gasteiger partial charge in [-0.3, -0.25) is 0 Å². The Morgan fingerprint density at radius 3 is 2.29 bits per heavy atom. The van der Waals surface area contributed by atoms with Crippen LogP contribution in [0.3, 0.4) is 0 Å². The van der Waals surface area contributed by atoms with Gasteiger partial charge in [0, 0.05) is 5.69 Å². The van der Waals surface area contributed by atoms with Gasteiger partial charge >= 0.3 is 0 Å². The highest BCUT2D eigenvalue weighted by atomic mass is 32.2. The van der Waals surface area contributed by atoms with E-state index in [4.69, 9.17) is 4.74 Å². The summed E-state index contributed by atoms with van der Waals surface area (Å²) in [6.07, 6.45) is 0. The van der Waals surface area contributed by atoms with Crippen molar-refractivity contribution in [1.82, 2.24) is 0 Å². The van der Waals surface area contributed by atoms with Gasteiger partial charge in [0.15, 0.2) is 0 Å². The maximum absolute atomic E-state index is 10.7. The zero-order valence-electron chi connectivity index (χ0n) is 12.6. The number of nitrogens with zero attached hydrogens (tertiary/aromatic N) is 1. The summed E-state index contributed by atoms with van der Waals surface area (Å²) in [5.74, 6) is 0. The van der Waals surface area contributed by atoms with Crippen LogP contribution < -0.4 is 10.6 Å². The molecule has 0 aliphatic carbocycles. The highest BCUT2D eigenvalue weighted by molar-refractivity contribution is 7.71. The summed E-state index contributed by atoms with van der Waals surface area (Å²) in [6.45, 7) is 9.16. The van der Waals surface area contributed by atoms with Gasteiger partial charge in [0.25, 0.3) is 6.02 Å². The van der Waals surface area contributed by atoms with Gasteiger partial charge in [0.1, 0.15) is 12.1 Å². The molecular formula is C14H19N3O3S. The molecule has 0 saturated carbocycles. The molecule has 0 radical (unpaired) electrons. The second-order valence-corrected chi connectivity index (χ2v) is 5.69. The topological polar surface area (TPSA) is 79.8 Å². The molecule has 1 heterocycles. The molecule has 0 atom stereocenters. The lowest BCUT2D eigenvalue weighted by Crippen LogP contribution is -2.16. The van der Waals surface area contributed by atoms with E-state index >= 15 is 0 Å². The Kier molecular flexibility index (Phi) is 4.52. The summed E-state index contributed by atoms with van der Waals surface area (Å²) >= 11 is 0. The third kappa shape index (κ3) is 3.18. The average molecular weight is 309 g/mol. The second-order valence-electron chi connectivity index (χ2n) is 4.93. The van der Waals surface area contributed by atoms with Crippen LogP contribution in [0, 0.1) is 27.7 Å². The number of amidine groups is 1. The van der Waals surface area contributed by atoms with Crippen LogP contribution in [0.2, 0.25) is 0 Å². The third-order valence-corrected chi connectivity index (χ3v) is 4.05. The van der Waals surface area contributed by atoms with Gasteiger partial charge in [-0.25, -0.2) is 4.99 Å². The van der Waals surface area contributed by atoms with Crippen molar-refractivity contribution in [1.29, 1.82) is 0 Å². The summed E-state index contributed by atoms with van der Waals surface area (Å²) < 4.78 is 26.9. The number of rotatable bonds is 3. The molecule has 0 spiro atoms. The maximum atomic E-state index is 10.7. The monoisotopic (exact) mass is 309 g/mol. The van der Waals surface area contributed by atoms with Crippen molar-refractivity contribution in [2.75, 3.05) is 23.8 Å². The zero-order chi connectivity index (χ0) is 15.6. The molecule has 6 nitrogen and oxygen atoms in total. The number of benzene rings is 1. The lowest BCUT2D eigenvalue weighted by atomic mass is 9.96. The van der Waals surface area contributed by atoms with E-state index in [1.807, 2.05) is 27.7 Å². The van der Waals surface area contributed by atoms with E-state index in [9.17, 15) is 8.42 Å². The number of anilines is 2. The van der Waals surface area contributed by atoms with Gasteiger partial charge in [-0.1, -0.05) is 0 Å². The summed E-state index contributed by atoms with van der Waals surface area (Å²) in [5.41, 5.74) is 6.85. The van der Waals surface area contributed by atoms with Gasteiger partial charge in [0.2, 0.25) is 10.3 Å². The van der Waals surface area contributed by atoms with E-state index < -0.39 is 10.3 Å². The molecule has 2 N–H and O–H groups in total. The van der Waals surface area contributed by atoms with Crippen molar-refractivity contribution in [3.05, 3.63) is 22.3 Å². The van der Waals surface area contributed by atoms with E-state index in [1.165, 1.54) is 0 Å². The number of aliphatic imine (C=N–C) groups is 1. The van der Waals surface area contributed by atoms with Crippen LogP contribution in [-0.4, -0.2) is 33.1 Å². The second kappa shape index (κ2) is 6.17. The largest absolute Gasteiger partial charge is 0.463 e. The lowest BCUT2D eigenvalue weighted by molar-refractivity contribution is 0.346. The summed E-state index contributed by atoms with van der Waals surface area (Å²) in [6, 6.07) is 0.506. The first-order chi connectivity index (χ1) is 9.91. The number of nitrogens with one attached hydrogen (secondary N) is 2. The molecule has 21 heavy (non-hydrogen) atoms. The Morgan fingerprint density at radius 2 is 1.71 bits per heavy atom. The Balaban J connectivity index is 2.51. The molecular weight excluding hydrogens is 290 g/mol. The molecule has 1 aromatic carbocycles. The fraction of sp³-hybridized carbons (Fsp3) is 0.429. The van der Waals surface area contributed by atoms with Crippen molar-refractivity contribution < 1.29 is 13.2 Å². The summed E-state index contributed by atoms with van der Waals surface area (Å²) in [5, 5.41) is 6.05. The minimum absolute atomic E-state index is 0.506. The Hall–Kier alpha value is -2.02. The van der Waals surface area contributed by atoms with Crippen LogP contribution in [0.1, 0.15) is 22.3 Å². The Bertz CT molecular complexity index is 729. The highest BCUT2D eigenvalue weighted by Gasteiger charge is 2.17. The van der Waals surface area contributed by atoms with E-state index in [2.05, 4.69) is 15.6 Å². The molecule has 1 aromatic rings. The van der Waals surface area contributed by atoms with E-state index in [1.54, 1.807) is 0 Å². The molecule has 0 aromatic heterocycles. The summed E-state index contributed by atoms with van der Waals surface area (Å²) in [4.78, 5) is 4.23. The number of hydrogen-bond acceptors (Lipinski definition) is 5. The van der Waals surface area contributed by atoms with Gasteiger partial charge in [-0.05, 0) is 49.9 Å². The standard InChI is InChI=1S/C14H19N3O3S/c1-8-9(2)12(16-7-21(18)19)11(4)13(10(8)3)17-14-15-5-6-20-14/h7,16H,5-6H2,1-4H3,(H,15,17). The van der Waals surface area contributed by atoms with Gasteiger partial charge in [-0.15, -0.1) is 0 Å². The number of hydrogen-bond donors (Lipinski definition) is 2. The molecule has 0 bridgehead atoms. The van der Waals surface area contributed by atoms with Crippen LogP contribution in [0.5, 0.6) is 0 Å². The van der Waals surface area contributed by atoms with Gasteiger partial charge < -0.3 is 15.4 Å². The van der Waals surface area contributed by atoms with Crippen molar-refractivity contribution >= 4 is 33.2 Å². The van der Waals surface area contributed by atoms with Gasteiger partial charge in [-0.2, -0.15) is 8.42 Å². The SMILES string of the molecule is Cc1c(C)c(NC=S(=O)=O)c(C)c(NC2=NCCO2)c1C. The smallest absolute Gasteiger partial charge is 0.289 e. The maximum Gasteiger partial charge on any atom is 0.289 e. The lowest BCUT2D eigenvalue weighted by Gasteiger charge is -2.20. The molecule has 0 amide bonds. The molecule has 1 aliphatic rings. The fourth-order valence-electron chi connectivity index (χ4n) is 2.37. The van der Waals surface area contributed by atoms with Crippen LogP contribution in [0.15, 0.2) is 4.99 Å². The Morgan fingerprint density at radius 1 is 1.05 bits per heavy atom. The van der Waals surface area contributed by atoms with Crippen LogP contribution >= 0.6 is 0 Å². The third-order valence-electron chi connectivity index (χ3n) is 3.74. The van der Waals surface area contributed by atoms with Crippen molar-refractivity contribution in [2.24, 2.45) is 4.99 Å². The minimum atomic E-state index is -2.26. The van der Waals surface area contributed by atoms with Gasteiger partial charge in [0.05, 0.1) is 12.2 Å². The highest BCUT2D eigenvalue weighted by Crippen LogP contribution is 2.34. The molecule has 7 heteroatoms. The fourth-order valence-corrected chi connectivity index (χ4v) is 2.59.